The monoisotopic (exact) mass is 436 g/mol. The van der Waals surface area contributed by atoms with Gasteiger partial charge in [0.05, 0.1) is 11.1 Å². The molecule has 1 aliphatic heterocycles. The Morgan fingerprint density at radius 3 is 2.03 bits per heavy atom. The Hall–Kier alpha value is -2.40. The molecule has 4 rings (SSSR count). The SMILES string of the molecule is Cc1sc2ccccc2[n+]1CCCN1C(=O)c2ccccc2C1=O.[O-][Cl+3]([O-])([O-])[O-]. The van der Waals surface area contributed by atoms with E-state index < -0.39 is 10.2 Å². The fourth-order valence-electron chi connectivity index (χ4n) is 3.26. The number of hydrogen-bond donors (Lipinski definition) is 0. The highest BCUT2D eigenvalue weighted by molar-refractivity contribution is 7.18. The topological polar surface area (TPSA) is 134 Å². The number of rotatable bonds is 4. The molecule has 29 heavy (non-hydrogen) atoms. The molecule has 2 heterocycles. The van der Waals surface area contributed by atoms with Crippen LogP contribution in [0.25, 0.3) is 10.2 Å². The average molecular weight is 437 g/mol. The van der Waals surface area contributed by atoms with Gasteiger partial charge in [0.15, 0.2) is 6.54 Å². The van der Waals surface area contributed by atoms with Gasteiger partial charge in [-0.25, -0.2) is 18.6 Å². The van der Waals surface area contributed by atoms with Crippen LogP contribution in [-0.2, 0) is 6.54 Å². The van der Waals surface area contributed by atoms with Crippen molar-refractivity contribution < 1.29 is 43.0 Å². The minimum atomic E-state index is -4.94. The molecular formula is C19H17ClN2O6S. The van der Waals surface area contributed by atoms with Gasteiger partial charge in [-0.2, -0.15) is 4.57 Å². The minimum absolute atomic E-state index is 0.174. The molecule has 0 radical (unpaired) electrons. The van der Waals surface area contributed by atoms with E-state index in [9.17, 15) is 9.59 Å². The van der Waals surface area contributed by atoms with Crippen LogP contribution in [0.1, 0.15) is 32.1 Å². The molecule has 0 spiro atoms. The van der Waals surface area contributed by atoms with E-state index in [2.05, 4.69) is 23.6 Å². The van der Waals surface area contributed by atoms with Crippen molar-refractivity contribution in [3.8, 4) is 0 Å². The van der Waals surface area contributed by atoms with Crippen LogP contribution < -0.4 is 23.2 Å². The van der Waals surface area contributed by atoms with E-state index in [1.165, 1.54) is 20.1 Å². The van der Waals surface area contributed by atoms with Crippen LogP contribution in [0.5, 0.6) is 0 Å². The molecule has 152 valence electrons. The highest BCUT2D eigenvalue weighted by atomic mass is 35.7. The standard InChI is InChI=1S/C19H17N2O2S.ClHO4/c1-13-20(16-9-4-5-10-17(16)24-13)11-6-12-21-18(22)14-7-2-3-8-15(14)19(21)23;2-1(3,4)5/h2-5,7-10H,6,11-12H2,1H3;(H,2,3,4,5)/q+1;/p-1. The van der Waals surface area contributed by atoms with Crippen molar-refractivity contribution in [2.24, 2.45) is 0 Å². The second-order valence-electron chi connectivity index (χ2n) is 6.28. The molecule has 0 saturated carbocycles. The van der Waals surface area contributed by atoms with Crippen molar-refractivity contribution >= 4 is 33.4 Å². The van der Waals surface area contributed by atoms with E-state index in [4.69, 9.17) is 18.6 Å². The molecule has 8 nitrogen and oxygen atoms in total. The molecule has 2 amide bonds. The van der Waals surface area contributed by atoms with Crippen molar-refractivity contribution in [3.63, 3.8) is 0 Å². The number of carbonyl (C=O) groups is 2. The summed E-state index contributed by atoms with van der Waals surface area (Å²) in [6, 6.07) is 15.3. The van der Waals surface area contributed by atoms with Gasteiger partial charge in [0, 0.05) is 26.0 Å². The fraction of sp³-hybridized carbons (Fsp3) is 0.211. The van der Waals surface area contributed by atoms with E-state index in [0.717, 1.165) is 13.0 Å². The highest BCUT2D eigenvalue weighted by Crippen LogP contribution is 2.23. The molecule has 3 aromatic rings. The van der Waals surface area contributed by atoms with Gasteiger partial charge in [0.2, 0.25) is 10.5 Å². The first-order chi connectivity index (χ1) is 13.7. The van der Waals surface area contributed by atoms with Crippen molar-refractivity contribution in [2.45, 2.75) is 19.9 Å². The van der Waals surface area contributed by atoms with E-state index in [1.807, 2.05) is 12.1 Å². The van der Waals surface area contributed by atoms with Crippen molar-refractivity contribution in [1.82, 2.24) is 4.90 Å². The largest absolute Gasteiger partial charge is 0.274 e. The molecule has 0 bridgehead atoms. The molecular weight excluding hydrogens is 420 g/mol. The van der Waals surface area contributed by atoms with Gasteiger partial charge >= 0.3 is 0 Å². The number of benzene rings is 2. The molecule has 0 unspecified atom stereocenters. The van der Waals surface area contributed by atoms with Gasteiger partial charge in [-0.05, 0) is 18.2 Å². The zero-order valence-electron chi connectivity index (χ0n) is 15.4. The van der Waals surface area contributed by atoms with Crippen LogP contribution in [0.2, 0.25) is 0 Å². The Bertz CT molecular complexity index is 1020. The van der Waals surface area contributed by atoms with Crippen LogP contribution >= 0.6 is 11.3 Å². The summed E-state index contributed by atoms with van der Waals surface area (Å²) in [7, 11) is -4.94. The number of para-hydroxylation sites is 1. The number of aromatic nitrogens is 1. The number of nitrogens with zero attached hydrogens (tertiary/aromatic N) is 2. The van der Waals surface area contributed by atoms with Crippen LogP contribution in [0.4, 0.5) is 0 Å². The zero-order chi connectivity index (χ0) is 21.2. The van der Waals surface area contributed by atoms with E-state index >= 15 is 0 Å². The lowest BCUT2D eigenvalue weighted by atomic mass is 10.1. The van der Waals surface area contributed by atoms with Crippen molar-refractivity contribution in [1.29, 1.82) is 0 Å². The summed E-state index contributed by atoms with van der Waals surface area (Å²) in [4.78, 5) is 26.1. The van der Waals surface area contributed by atoms with E-state index in [1.54, 1.807) is 35.6 Å². The van der Waals surface area contributed by atoms with Gasteiger partial charge in [-0.3, -0.25) is 14.5 Å². The molecule has 10 heteroatoms. The minimum Gasteiger partial charge on any atom is -0.274 e. The fourth-order valence-corrected chi connectivity index (χ4v) is 4.30. The third-order valence-electron chi connectivity index (χ3n) is 4.44. The smallest absolute Gasteiger partial charge is 0.261 e. The maximum Gasteiger partial charge on any atom is 0.261 e. The van der Waals surface area contributed by atoms with Crippen LogP contribution in [0.15, 0.2) is 48.5 Å². The van der Waals surface area contributed by atoms with Crippen LogP contribution in [-0.4, -0.2) is 23.3 Å². The number of hydrogen-bond acceptors (Lipinski definition) is 7. The number of thiazole rings is 1. The van der Waals surface area contributed by atoms with Gasteiger partial charge in [-0.15, -0.1) is 10.2 Å². The molecule has 0 atom stereocenters. The third-order valence-corrected chi connectivity index (χ3v) is 5.52. The summed E-state index contributed by atoms with van der Waals surface area (Å²) in [5.74, 6) is -0.347. The Kier molecular flexibility index (Phi) is 6.27. The van der Waals surface area contributed by atoms with E-state index in [0.29, 0.717) is 17.7 Å². The number of carbonyl (C=O) groups excluding carboxylic acids is 2. The lowest BCUT2D eigenvalue weighted by molar-refractivity contribution is -2.00. The predicted octanol–water partition coefficient (Wildman–Crippen LogP) is -1.57. The number of aryl methyl sites for hydroxylation is 2. The van der Waals surface area contributed by atoms with Crippen LogP contribution in [0.3, 0.4) is 0 Å². The highest BCUT2D eigenvalue weighted by Gasteiger charge is 2.34. The summed E-state index contributed by atoms with van der Waals surface area (Å²) < 4.78 is 37.5. The van der Waals surface area contributed by atoms with Crippen molar-refractivity contribution in [3.05, 3.63) is 64.7 Å². The Labute approximate surface area is 172 Å². The first-order valence-corrected chi connectivity index (χ1v) is 10.7. The lowest BCUT2D eigenvalue weighted by Crippen LogP contribution is -2.68. The Balaban J connectivity index is 0.000000431. The third kappa shape index (κ3) is 4.96. The average Bonchev–Trinajstić information content (AvgIpc) is 3.10. The molecule has 1 aliphatic rings. The number of fused-ring (bicyclic) bond motifs is 2. The van der Waals surface area contributed by atoms with Gasteiger partial charge < -0.3 is 0 Å². The summed E-state index contributed by atoms with van der Waals surface area (Å²) >= 11 is 1.77. The van der Waals surface area contributed by atoms with Gasteiger partial charge in [0.25, 0.3) is 11.8 Å². The molecule has 0 aliphatic carbocycles. The van der Waals surface area contributed by atoms with Gasteiger partial charge in [0.1, 0.15) is 4.70 Å². The second kappa shape index (κ2) is 8.54. The number of halogens is 1. The predicted molar refractivity (Wildman–Crippen MR) is 93.2 cm³/mol. The molecule has 1 aromatic heterocycles. The first kappa shape index (κ1) is 21.3. The quantitative estimate of drug-likeness (QED) is 0.358. The maximum atomic E-state index is 12.4. The molecule has 2 aromatic carbocycles. The second-order valence-corrected chi connectivity index (χ2v) is 8.27. The zero-order valence-corrected chi connectivity index (χ0v) is 16.9. The molecule has 0 fully saturated rings. The normalized spacial score (nSPS) is 13.5. The molecule has 0 saturated heterocycles. The summed E-state index contributed by atoms with van der Waals surface area (Å²) in [6.07, 6.45) is 0.748. The van der Waals surface area contributed by atoms with Crippen LogP contribution in [0, 0.1) is 17.2 Å². The summed E-state index contributed by atoms with van der Waals surface area (Å²) in [5.41, 5.74) is 2.25. The lowest BCUT2D eigenvalue weighted by Gasteiger charge is -2.17. The number of imide groups is 1. The summed E-state index contributed by atoms with van der Waals surface area (Å²) in [6.45, 7) is 3.35. The van der Waals surface area contributed by atoms with E-state index in [-0.39, 0.29) is 11.8 Å². The van der Waals surface area contributed by atoms with Crippen molar-refractivity contribution in [2.75, 3.05) is 6.54 Å². The maximum absolute atomic E-state index is 12.4. The summed E-state index contributed by atoms with van der Waals surface area (Å²) in [5, 5.41) is 1.23. The molecule has 0 N–H and O–H groups in total. The Morgan fingerprint density at radius 1 is 0.931 bits per heavy atom. The number of amides is 2. The Morgan fingerprint density at radius 2 is 1.45 bits per heavy atom. The first-order valence-electron chi connectivity index (χ1n) is 8.62. The van der Waals surface area contributed by atoms with Gasteiger partial charge in [-0.1, -0.05) is 35.6 Å².